The highest BCUT2D eigenvalue weighted by molar-refractivity contribution is 5.70. The number of aliphatic carboxylic acids is 1. The summed E-state index contributed by atoms with van der Waals surface area (Å²) in [6.45, 7) is 1.38. The van der Waals surface area contributed by atoms with Gasteiger partial charge in [0.15, 0.2) is 0 Å². The maximum absolute atomic E-state index is 11.1. The lowest BCUT2D eigenvalue weighted by Crippen LogP contribution is -2.35. The number of carbonyl (C=O) groups is 1. The molecule has 1 heterocycles. The molecule has 1 saturated carbocycles. The molecular formula is C11H18N2O3. The van der Waals surface area contributed by atoms with Crippen LogP contribution in [0.2, 0.25) is 0 Å². The highest BCUT2D eigenvalue weighted by Crippen LogP contribution is 2.41. The summed E-state index contributed by atoms with van der Waals surface area (Å²) in [6, 6.07) is 0. The molecule has 2 aliphatic rings. The molecule has 90 valence electrons. The Morgan fingerprint density at radius 1 is 1.19 bits per heavy atom. The Morgan fingerprint density at radius 3 is 2.44 bits per heavy atom. The van der Waals surface area contributed by atoms with Crippen LogP contribution in [0, 0.1) is 22.7 Å². The first-order valence-electron chi connectivity index (χ1n) is 6.03. The Labute approximate surface area is 94.8 Å². The minimum atomic E-state index is -0.640. The van der Waals surface area contributed by atoms with Crippen LogP contribution in [0.1, 0.15) is 32.1 Å². The van der Waals surface area contributed by atoms with E-state index in [1.165, 1.54) is 0 Å². The minimum absolute atomic E-state index is 0.152. The van der Waals surface area contributed by atoms with Crippen LogP contribution >= 0.6 is 0 Å². The van der Waals surface area contributed by atoms with Crippen LogP contribution in [0.25, 0.3) is 0 Å². The second-order valence-electron chi connectivity index (χ2n) is 4.91. The molecule has 16 heavy (non-hydrogen) atoms. The molecule has 2 fully saturated rings. The van der Waals surface area contributed by atoms with Gasteiger partial charge in [0.05, 0.1) is 11.2 Å². The molecule has 1 saturated heterocycles. The van der Waals surface area contributed by atoms with E-state index in [2.05, 4.69) is 5.29 Å². The molecule has 0 spiro atoms. The topological polar surface area (TPSA) is 70.0 Å². The van der Waals surface area contributed by atoms with Crippen LogP contribution < -0.4 is 0 Å². The van der Waals surface area contributed by atoms with Gasteiger partial charge in [0.1, 0.15) is 0 Å². The van der Waals surface area contributed by atoms with Crippen molar-refractivity contribution in [1.82, 2.24) is 5.01 Å². The molecular weight excluding hydrogens is 208 g/mol. The van der Waals surface area contributed by atoms with Gasteiger partial charge in [-0.25, -0.2) is 0 Å². The van der Waals surface area contributed by atoms with E-state index < -0.39 is 5.97 Å². The molecule has 5 heteroatoms. The number of nitrogens with zero attached hydrogens (tertiary/aromatic N) is 2. The zero-order valence-corrected chi connectivity index (χ0v) is 9.34. The van der Waals surface area contributed by atoms with Gasteiger partial charge in [0.2, 0.25) is 0 Å². The van der Waals surface area contributed by atoms with Crippen molar-refractivity contribution >= 4 is 5.97 Å². The van der Waals surface area contributed by atoms with E-state index in [1.807, 2.05) is 0 Å². The molecule has 2 rings (SSSR count). The monoisotopic (exact) mass is 226 g/mol. The Morgan fingerprint density at radius 2 is 1.88 bits per heavy atom. The predicted molar refractivity (Wildman–Crippen MR) is 58.6 cm³/mol. The van der Waals surface area contributed by atoms with Crippen molar-refractivity contribution in [3.63, 3.8) is 0 Å². The number of piperidine rings is 1. The number of hydrogen-bond donors (Lipinski definition) is 1. The van der Waals surface area contributed by atoms with Gasteiger partial charge in [0.25, 0.3) is 0 Å². The van der Waals surface area contributed by atoms with Crippen molar-refractivity contribution < 1.29 is 9.90 Å². The Hall–Kier alpha value is -1.13. The Bertz CT molecular complexity index is 274. The maximum atomic E-state index is 11.1. The van der Waals surface area contributed by atoms with Gasteiger partial charge >= 0.3 is 5.97 Å². The van der Waals surface area contributed by atoms with Crippen LogP contribution in [0.15, 0.2) is 5.29 Å². The summed E-state index contributed by atoms with van der Waals surface area (Å²) in [5.74, 6) is 0.00656. The fraction of sp³-hybridized carbons (Fsp3) is 0.909. The zero-order chi connectivity index (χ0) is 11.5. The van der Waals surface area contributed by atoms with Gasteiger partial charge in [-0.2, -0.15) is 0 Å². The van der Waals surface area contributed by atoms with Crippen molar-refractivity contribution in [1.29, 1.82) is 0 Å². The number of rotatable bonds is 3. The lowest BCUT2D eigenvalue weighted by atomic mass is 9.78. The van der Waals surface area contributed by atoms with Crippen LogP contribution in [0.5, 0.6) is 0 Å². The molecule has 0 bridgehead atoms. The summed E-state index contributed by atoms with van der Waals surface area (Å²) >= 11 is 0. The Balaban J connectivity index is 1.93. The molecule has 1 aliphatic heterocycles. The summed E-state index contributed by atoms with van der Waals surface area (Å²) in [7, 11) is 0. The minimum Gasteiger partial charge on any atom is -0.481 e. The van der Waals surface area contributed by atoms with E-state index >= 15 is 0 Å². The van der Waals surface area contributed by atoms with Gasteiger partial charge in [-0.15, -0.1) is 4.91 Å². The van der Waals surface area contributed by atoms with Crippen LogP contribution in [-0.4, -0.2) is 29.2 Å². The second kappa shape index (κ2) is 4.80. The summed E-state index contributed by atoms with van der Waals surface area (Å²) in [4.78, 5) is 21.4. The fourth-order valence-corrected chi connectivity index (χ4v) is 3.26. The van der Waals surface area contributed by atoms with Crippen molar-refractivity contribution in [2.75, 3.05) is 13.1 Å². The van der Waals surface area contributed by atoms with E-state index in [4.69, 9.17) is 5.11 Å². The third-order valence-corrected chi connectivity index (χ3v) is 4.12. The lowest BCUT2D eigenvalue weighted by Gasteiger charge is -2.33. The van der Waals surface area contributed by atoms with Crippen LogP contribution in [0.3, 0.4) is 0 Å². The average molecular weight is 226 g/mol. The third-order valence-electron chi connectivity index (χ3n) is 4.12. The van der Waals surface area contributed by atoms with Crippen molar-refractivity contribution in [3.05, 3.63) is 4.91 Å². The maximum Gasteiger partial charge on any atom is 0.306 e. The van der Waals surface area contributed by atoms with E-state index in [1.54, 1.807) is 5.01 Å². The van der Waals surface area contributed by atoms with Crippen LogP contribution in [-0.2, 0) is 4.79 Å². The largest absolute Gasteiger partial charge is 0.481 e. The summed E-state index contributed by atoms with van der Waals surface area (Å²) < 4.78 is 0. The first-order valence-corrected chi connectivity index (χ1v) is 6.03. The van der Waals surface area contributed by atoms with Crippen molar-refractivity contribution in [2.24, 2.45) is 23.0 Å². The first-order chi connectivity index (χ1) is 7.72. The second-order valence-corrected chi connectivity index (χ2v) is 4.91. The molecule has 0 aromatic heterocycles. The van der Waals surface area contributed by atoms with Gasteiger partial charge in [-0.1, -0.05) is 6.42 Å². The number of carboxylic acid groups (broad SMARTS) is 1. The van der Waals surface area contributed by atoms with E-state index in [0.717, 1.165) is 32.1 Å². The van der Waals surface area contributed by atoms with Gasteiger partial charge < -0.3 is 5.11 Å². The quantitative estimate of drug-likeness (QED) is 0.746. The lowest BCUT2D eigenvalue weighted by molar-refractivity contribution is -0.143. The molecule has 0 radical (unpaired) electrons. The van der Waals surface area contributed by atoms with Gasteiger partial charge in [-0.05, 0) is 37.5 Å². The van der Waals surface area contributed by atoms with Gasteiger partial charge in [0, 0.05) is 13.1 Å². The number of hydrogen-bond acceptors (Lipinski definition) is 3. The molecule has 0 aromatic carbocycles. The molecule has 5 nitrogen and oxygen atoms in total. The molecule has 2 unspecified atom stereocenters. The standard InChI is InChI=1S/C11H18N2O3/c14-11(15)10-3-1-2-9(10)8-4-6-13(12-16)7-5-8/h8-10H,1-7H2,(H,14,15). The number of nitroso groups, excluding NO2 is 1. The molecule has 1 aliphatic carbocycles. The predicted octanol–water partition coefficient (Wildman–Crippen LogP) is 1.88. The van der Waals surface area contributed by atoms with E-state index in [9.17, 15) is 9.70 Å². The summed E-state index contributed by atoms with van der Waals surface area (Å²) in [6.07, 6.45) is 4.73. The highest BCUT2D eigenvalue weighted by Gasteiger charge is 2.38. The first kappa shape index (κ1) is 11.4. The normalized spacial score (nSPS) is 31.6. The molecule has 0 amide bonds. The smallest absolute Gasteiger partial charge is 0.306 e. The molecule has 0 aromatic rings. The zero-order valence-electron chi connectivity index (χ0n) is 9.34. The van der Waals surface area contributed by atoms with E-state index in [0.29, 0.717) is 24.9 Å². The Kier molecular flexibility index (Phi) is 3.41. The fourth-order valence-electron chi connectivity index (χ4n) is 3.26. The average Bonchev–Trinajstić information content (AvgIpc) is 2.78. The highest BCUT2D eigenvalue weighted by atomic mass is 16.4. The van der Waals surface area contributed by atoms with Crippen molar-refractivity contribution in [2.45, 2.75) is 32.1 Å². The summed E-state index contributed by atoms with van der Waals surface area (Å²) in [5, 5.41) is 13.6. The molecule has 2 atom stereocenters. The third kappa shape index (κ3) is 2.18. The van der Waals surface area contributed by atoms with Crippen LogP contribution in [0.4, 0.5) is 0 Å². The van der Waals surface area contributed by atoms with E-state index in [-0.39, 0.29) is 5.92 Å². The van der Waals surface area contributed by atoms with Gasteiger partial charge in [-0.3, -0.25) is 9.80 Å². The van der Waals surface area contributed by atoms with Crippen molar-refractivity contribution in [3.8, 4) is 0 Å². The SMILES string of the molecule is O=NN1CCC(C2CCCC2C(=O)O)CC1. The summed E-state index contributed by atoms with van der Waals surface area (Å²) in [5.41, 5.74) is 0. The number of carboxylic acids is 1. The molecule has 1 N–H and O–H groups in total.